The van der Waals surface area contributed by atoms with Crippen LogP contribution in [0.5, 0.6) is 0 Å². The van der Waals surface area contributed by atoms with E-state index in [9.17, 15) is 9.59 Å². The molecule has 2 aliphatic heterocycles. The summed E-state index contributed by atoms with van der Waals surface area (Å²) in [6.07, 6.45) is 4.73. The van der Waals surface area contributed by atoms with Crippen molar-refractivity contribution >= 4 is 28.8 Å². The van der Waals surface area contributed by atoms with Gasteiger partial charge in [0.1, 0.15) is 0 Å². The number of pyridine rings is 1. The summed E-state index contributed by atoms with van der Waals surface area (Å²) in [5, 5.41) is 3.82. The Morgan fingerprint density at radius 1 is 1.24 bits per heavy atom. The minimum atomic E-state index is -0.215. The molecule has 2 amide bonds. The van der Waals surface area contributed by atoms with Gasteiger partial charge in [0.2, 0.25) is 5.91 Å². The Labute approximate surface area is 150 Å². The van der Waals surface area contributed by atoms with Gasteiger partial charge in [-0.1, -0.05) is 0 Å². The van der Waals surface area contributed by atoms with Gasteiger partial charge in [0.15, 0.2) is 0 Å². The van der Waals surface area contributed by atoms with Gasteiger partial charge in [-0.15, -0.1) is 0 Å². The van der Waals surface area contributed by atoms with E-state index in [0.29, 0.717) is 13.1 Å². The number of carbonyl (C=O) groups excluding carboxylic acids is 2. The molecule has 0 bridgehead atoms. The second-order valence-electron chi connectivity index (χ2n) is 7.34. The molecule has 25 heavy (non-hydrogen) atoms. The lowest BCUT2D eigenvalue weighted by Crippen LogP contribution is -2.40. The zero-order valence-electron chi connectivity index (χ0n) is 13.9. The number of aromatic nitrogens is 1. The number of anilines is 1. The molecule has 5 rings (SSSR count). The first-order valence-electron chi connectivity index (χ1n) is 8.76. The summed E-state index contributed by atoms with van der Waals surface area (Å²) in [7, 11) is 0. The van der Waals surface area contributed by atoms with Crippen molar-refractivity contribution in [1.82, 2.24) is 9.88 Å². The largest absolute Gasteiger partial charge is 0.341 e. The fourth-order valence-electron chi connectivity index (χ4n) is 4.18. The molecular formula is C19H19N3O2S. The highest BCUT2D eigenvalue weighted by Crippen LogP contribution is 2.46. The molecule has 0 unspecified atom stereocenters. The maximum absolute atomic E-state index is 13.0. The molecule has 2 fully saturated rings. The van der Waals surface area contributed by atoms with Crippen LogP contribution in [-0.2, 0) is 10.2 Å². The number of nitrogens with zero attached hydrogens (tertiary/aromatic N) is 3. The van der Waals surface area contributed by atoms with Crippen LogP contribution in [0.1, 0.15) is 35.3 Å². The second-order valence-corrected chi connectivity index (χ2v) is 8.12. The predicted molar refractivity (Wildman–Crippen MR) is 95.8 cm³/mol. The van der Waals surface area contributed by atoms with Gasteiger partial charge in [-0.2, -0.15) is 11.3 Å². The van der Waals surface area contributed by atoms with Gasteiger partial charge < -0.3 is 9.80 Å². The summed E-state index contributed by atoms with van der Waals surface area (Å²) in [6, 6.07) is 5.73. The number of hydrogen-bond donors (Lipinski definition) is 0. The highest BCUT2D eigenvalue weighted by atomic mass is 32.1. The van der Waals surface area contributed by atoms with Crippen LogP contribution in [0, 0.1) is 5.92 Å². The van der Waals surface area contributed by atoms with Crippen molar-refractivity contribution in [2.24, 2.45) is 5.92 Å². The van der Waals surface area contributed by atoms with Gasteiger partial charge >= 0.3 is 0 Å². The molecule has 1 saturated heterocycles. The second kappa shape index (κ2) is 5.39. The van der Waals surface area contributed by atoms with Crippen molar-refractivity contribution in [3.63, 3.8) is 0 Å². The molecule has 1 spiro atoms. The first-order chi connectivity index (χ1) is 12.2. The maximum Gasteiger partial charge on any atom is 0.259 e. The van der Waals surface area contributed by atoms with Gasteiger partial charge in [0, 0.05) is 37.1 Å². The Morgan fingerprint density at radius 2 is 2.12 bits per heavy atom. The molecule has 1 atom stereocenters. The molecular weight excluding hydrogens is 334 g/mol. The quantitative estimate of drug-likeness (QED) is 0.834. The summed E-state index contributed by atoms with van der Waals surface area (Å²) in [5.41, 5.74) is 2.39. The molecule has 1 aliphatic carbocycles. The highest BCUT2D eigenvalue weighted by Gasteiger charge is 2.52. The number of thiophene rings is 1. The molecule has 128 valence electrons. The molecule has 0 aromatic carbocycles. The number of carbonyl (C=O) groups is 2. The van der Waals surface area contributed by atoms with E-state index in [0.717, 1.165) is 42.8 Å². The normalized spacial score (nSPS) is 24.8. The van der Waals surface area contributed by atoms with E-state index in [1.165, 1.54) is 11.3 Å². The van der Waals surface area contributed by atoms with Crippen LogP contribution in [-0.4, -0.2) is 41.3 Å². The first kappa shape index (κ1) is 15.1. The third-order valence-electron chi connectivity index (χ3n) is 5.65. The lowest BCUT2D eigenvalue weighted by Gasteiger charge is -2.25. The van der Waals surface area contributed by atoms with Gasteiger partial charge in [0.25, 0.3) is 5.91 Å². The number of hydrogen-bond acceptors (Lipinski definition) is 4. The van der Waals surface area contributed by atoms with E-state index < -0.39 is 0 Å². The van der Waals surface area contributed by atoms with E-state index in [1.54, 1.807) is 6.20 Å². The smallest absolute Gasteiger partial charge is 0.259 e. The predicted octanol–water partition coefficient (Wildman–Crippen LogP) is 2.68. The van der Waals surface area contributed by atoms with E-state index in [-0.39, 0.29) is 23.1 Å². The van der Waals surface area contributed by atoms with Crippen molar-refractivity contribution in [2.75, 3.05) is 24.5 Å². The zero-order chi connectivity index (χ0) is 17.0. The number of likely N-dealkylation sites (tertiary alicyclic amines) is 1. The molecule has 5 nitrogen and oxygen atoms in total. The number of amides is 2. The monoisotopic (exact) mass is 353 g/mol. The average molecular weight is 353 g/mol. The molecule has 3 aliphatic rings. The molecule has 2 aromatic heterocycles. The first-order valence-corrected chi connectivity index (χ1v) is 9.71. The van der Waals surface area contributed by atoms with E-state index in [4.69, 9.17) is 0 Å². The lowest BCUT2D eigenvalue weighted by atomic mass is 9.85. The van der Waals surface area contributed by atoms with Crippen LogP contribution in [0.2, 0.25) is 0 Å². The van der Waals surface area contributed by atoms with Crippen molar-refractivity contribution in [3.05, 3.63) is 46.4 Å². The summed E-state index contributed by atoms with van der Waals surface area (Å²) in [4.78, 5) is 33.9. The maximum atomic E-state index is 13.0. The Morgan fingerprint density at radius 3 is 2.88 bits per heavy atom. The minimum absolute atomic E-state index is 0.0272. The van der Waals surface area contributed by atoms with Crippen LogP contribution >= 0.6 is 11.3 Å². The summed E-state index contributed by atoms with van der Waals surface area (Å²) < 4.78 is 0. The topological polar surface area (TPSA) is 53.5 Å². The molecule has 0 radical (unpaired) electrons. The summed E-state index contributed by atoms with van der Waals surface area (Å²) in [5.74, 6) is 0.555. The van der Waals surface area contributed by atoms with Crippen LogP contribution in [0.3, 0.4) is 0 Å². The highest BCUT2D eigenvalue weighted by molar-refractivity contribution is 7.08. The van der Waals surface area contributed by atoms with Gasteiger partial charge in [0.05, 0.1) is 22.4 Å². The molecule has 0 N–H and O–H groups in total. The summed E-state index contributed by atoms with van der Waals surface area (Å²) in [6.45, 7) is 2.06. The van der Waals surface area contributed by atoms with Crippen molar-refractivity contribution in [3.8, 4) is 0 Å². The Bertz CT molecular complexity index is 846. The standard InChI is InChI=1S/C19H19N3O2S/c23-17(13-3-4-13)21-8-6-19(11-21)12-22(15-2-1-7-20-16(15)19)18(24)14-5-9-25-10-14/h1-2,5,7,9-10,13H,3-4,6,8,11-12H2/t19-/m0/s1. The van der Waals surface area contributed by atoms with Crippen LogP contribution < -0.4 is 4.90 Å². The Hall–Kier alpha value is -2.21. The van der Waals surface area contributed by atoms with E-state index >= 15 is 0 Å². The Balaban J connectivity index is 1.48. The van der Waals surface area contributed by atoms with Crippen molar-refractivity contribution < 1.29 is 9.59 Å². The lowest BCUT2D eigenvalue weighted by molar-refractivity contribution is -0.131. The third-order valence-corrected chi connectivity index (χ3v) is 6.33. The van der Waals surface area contributed by atoms with Gasteiger partial charge in [-0.05, 0) is 42.8 Å². The number of fused-ring (bicyclic) bond motifs is 2. The van der Waals surface area contributed by atoms with Crippen LogP contribution in [0.15, 0.2) is 35.2 Å². The molecule has 4 heterocycles. The van der Waals surface area contributed by atoms with Crippen LogP contribution in [0.4, 0.5) is 5.69 Å². The van der Waals surface area contributed by atoms with E-state index in [1.807, 2.05) is 38.8 Å². The average Bonchev–Trinajstić information content (AvgIpc) is 3.08. The zero-order valence-corrected chi connectivity index (χ0v) is 14.7. The third kappa shape index (κ3) is 2.31. The fourth-order valence-corrected chi connectivity index (χ4v) is 4.81. The fraction of sp³-hybridized carbons (Fsp3) is 0.421. The van der Waals surface area contributed by atoms with E-state index in [2.05, 4.69) is 4.98 Å². The Kier molecular flexibility index (Phi) is 3.25. The summed E-state index contributed by atoms with van der Waals surface area (Å²) >= 11 is 1.53. The molecule has 2 aromatic rings. The molecule has 6 heteroatoms. The number of rotatable bonds is 2. The SMILES string of the molecule is O=C(C1CC1)N1CC[C@]2(C1)CN(C(=O)c1ccsc1)c1cccnc12. The van der Waals surface area contributed by atoms with Crippen molar-refractivity contribution in [1.29, 1.82) is 0 Å². The van der Waals surface area contributed by atoms with Crippen molar-refractivity contribution in [2.45, 2.75) is 24.7 Å². The molecule has 1 saturated carbocycles. The van der Waals surface area contributed by atoms with Gasteiger partial charge in [-0.25, -0.2) is 0 Å². The van der Waals surface area contributed by atoms with Gasteiger partial charge in [-0.3, -0.25) is 14.6 Å². The minimum Gasteiger partial charge on any atom is -0.341 e. The van der Waals surface area contributed by atoms with Crippen LogP contribution in [0.25, 0.3) is 0 Å².